The van der Waals surface area contributed by atoms with Crippen molar-refractivity contribution in [2.45, 2.75) is 5.75 Å². The highest BCUT2D eigenvalue weighted by atomic mass is 79.9. The van der Waals surface area contributed by atoms with Crippen LogP contribution in [0.5, 0.6) is 0 Å². The van der Waals surface area contributed by atoms with Crippen molar-refractivity contribution in [2.75, 3.05) is 0 Å². The Labute approximate surface area is 119 Å². The van der Waals surface area contributed by atoms with Gasteiger partial charge in [0, 0.05) is 18.1 Å². The van der Waals surface area contributed by atoms with Crippen LogP contribution in [0.2, 0.25) is 0 Å². The third-order valence-corrected chi connectivity index (χ3v) is 2.54. The minimum atomic E-state index is 0. The van der Waals surface area contributed by atoms with Crippen LogP contribution in [0.15, 0.2) is 30.6 Å². The lowest BCUT2D eigenvalue weighted by Gasteiger charge is -1.92. The lowest BCUT2D eigenvalue weighted by atomic mass is 10.5. The van der Waals surface area contributed by atoms with Crippen LogP contribution in [0.25, 0.3) is 5.65 Å². The smallest absolute Gasteiger partial charge is 0.151 e. The quantitative estimate of drug-likeness (QED) is 0.416. The Hall–Kier alpha value is -0.530. The molecule has 4 nitrogen and oxygen atoms in total. The zero-order chi connectivity index (χ0) is 9.97. The number of halogens is 2. The number of pyridine rings is 1. The molecule has 2 aromatic heterocycles. The predicted molar refractivity (Wildman–Crippen MR) is 58.4 cm³/mol. The second-order valence-electron chi connectivity index (χ2n) is 2.85. The first-order valence-electron chi connectivity index (χ1n) is 4.15. The predicted octanol–water partition coefficient (Wildman–Crippen LogP) is -4.53. The molecule has 0 fully saturated rings. The normalized spacial score (nSPS) is 9.25. The molecule has 0 unspecified atom stereocenters. The third kappa shape index (κ3) is 3.80. The summed E-state index contributed by atoms with van der Waals surface area (Å²) in [5.41, 5.74) is 7.11. The van der Waals surface area contributed by atoms with Crippen LogP contribution in [-0.2, 0) is 5.75 Å². The summed E-state index contributed by atoms with van der Waals surface area (Å²) < 4.78 is 1.95. The highest BCUT2D eigenvalue weighted by Gasteiger charge is 2.01. The number of thioether (sulfide) groups is 1. The van der Waals surface area contributed by atoms with Crippen molar-refractivity contribution >= 4 is 22.6 Å². The summed E-state index contributed by atoms with van der Waals surface area (Å²) in [6.45, 7) is 0. The lowest BCUT2D eigenvalue weighted by molar-refractivity contribution is -0.001000. The molecule has 0 aliphatic carbocycles. The second kappa shape index (κ2) is 6.93. The van der Waals surface area contributed by atoms with Gasteiger partial charge in [0.25, 0.3) is 0 Å². The van der Waals surface area contributed by atoms with Gasteiger partial charge in [0.15, 0.2) is 5.17 Å². The van der Waals surface area contributed by atoms with Gasteiger partial charge in [-0.05, 0) is 12.1 Å². The molecule has 0 saturated heterocycles. The molecule has 3 N–H and O–H groups in total. The van der Waals surface area contributed by atoms with Gasteiger partial charge in [-0.1, -0.05) is 17.8 Å². The maximum Gasteiger partial charge on any atom is 0.151 e. The molecule has 0 radical (unpaired) electrons. The largest absolute Gasteiger partial charge is 1.00 e. The van der Waals surface area contributed by atoms with Crippen molar-refractivity contribution in [2.24, 2.45) is 5.73 Å². The Balaban J connectivity index is 0.00000112. The summed E-state index contributed by atoms with van der Waals surface area (Å²) >= 11 is 1.28. The van der Waals surface area contributed by atoms with Gasteiger partial charge in [0.05, 0.1) is 5.69 Å². The van der Waals surface area contributed by atoms with E-state index < -0.39 is 0 Å². The van der Waals surface area contributed by atoms with E-state index in [4.69, 9.17) is 11.1 Å². The first-order chi connectivity index (χ1) is 6.75. The minimum Gasteiger partial charge on any atom is -1.00 e. The number of imidazole rings is 1. The van der Waals surface area contributed by atoms with Crippen molar-refractivity contribution < 1.29 is 34.0 Å². The van der Waals surface area contributed by atoms with Gasteiger partial charge in [0.2, 0.25) is 0 Å². The lowest BCUT2D eigenvalue weighted by Crippen LogP contribution is -3.00. The minimum absolute atomic E-state index is 0. The average Bonchev–Trinajstić information content (AvgIpc) is 2.57. The molecule has 0 saturated carbocycles. The molecule has 0 amide bonds. The molecular formula is C9H10Br2N4S-2. The van der Waals surface area contributed by atoms with Gasteiger partial charge in [-0.15, -0.1) is 0 Å². The molecule has 0 spiro atoms. The van der Waals surface area contributed by atoms with Crippen molar-refractivity contribution in [1.82, 2.24) is 9.38 Å². The molecule has 0 aliphatic heterocycles. The van der Waals surface area contributed by atoms with Crippen LogP contribution in [-0.4, -0.2) is 14.6 Å². The summed E-state index contributed by atoms with van der Waals surface area (Å²) in [6.07, 6.45) is 3.90. The number of amidine groups is 1. The first kappa shape index (κ1) is 15.5. The molecule has 0 bridgehead atoms. The third-order valence-electron chi connectivity index (χ3n) is 1.79. The van der Waals surface area contributed by atoms with E-state index in [0.717, 1.165) is 11.3 Å². The van der Waals surface area contributed by atoms with Crippen molar-refractivity contribution in [3.8, 4) is 0 Å². The van der Waals surface area contributed by atoms with Gasteiger partial charge in [-0.2, -0.15) is 0 Å². The number of rotatable bonds is 2. The fourth-order valence-corrected chi connectivity index (χ4v) is 1.65. The molecule has 0 aliphatic rings. The molecular weight excluding hydrogens is 356 g/mol. The number of aromatic nitrogens is 2. The number of nitrogens with two attached hydrogens (primary N) is 1. The monoisotopic (exact) mass is 364 g/mol. The number of hydrogen-bond acceptors (Lipinski definition) is 3. The van der Waals surface area contributed by atoms with Gasteiger partial charge in [-0.25, -0.2) is 4.98 Å². The Morgan fingerprint density at radius 3 is 2.81 bits per heavy atom. The molecule has 2 heterocycles. The van der Waals surface area contributed by atoms with Crippen LogP contribution in [0.3, 0.4) is 0 Å². The van der Waals surface area contributed by atoms with E-state index in [0.29, 0.717) is 5.75 Å². The molecule has 7 heteroatoms. The highest BCUT2D eigenvalue weighted by molar-refractivity contribution is 8.13. The Morgan fingerprint density at radius 2 is 2.19 bits per heavy atom. The van der Waals surface area contributed by atoms with Crippen molar-refractivity contribution in [3.63, 3.8) is 0 Å². The van der Waals surface area contributed by atoms with Crippen LogP contribution in [0.1, 0.15) is 5.69 Å². The number of nitrogens with one attached hydrogen (secondary N) is 1. The maximum atomic E-state index is 7.08. The topological polar surface area (TPSA) is 67.2 Å². The fourth-order valence-electron chi connectivity index (χ4n) is 1.21. The van der Waals surface area contributed by atoms with Crippen molar-refractivity contribution in [3.05, 3.63) is 36.3 Å². The summed E-state index contributed by atoms with van der Waals surface area (Å²) in [5.74, 6) is 0.650. The highest BCUT2D eigenvalue weighted by Crippen LogP contribution is 2.11. The van der Waals surface area contributed by atoms with E-state index in [2.05, 4.69) is 4.98 Å². The maximum absolute atomic E-state index is 7.08. The summed E-state index contributed by atoms with van der Waals surface area (Å²) in [4.78, 5) is 4.37. The zero-order valence-corrected chi connectivity index (χ0v) is 12.2. The molecule has 0 atom stereocenters. The summed E-state index contributed by atoms with van der Waals surface area (Å²) in [7, 11) is 0. The fraction of sp³-hybridized carbons (Fsp3) is 0.111. The number of nitrogens with zero attached hydrogens (tertiary/aromatic N) is 2. The Morgan fingerprint density at radius 1 is 1.44 bits per heavy atom. The van der Waals surface area contributed by atoms with Crippen LogP contribution >= 0.6 is 11.8 Å². The Kier molecular flexibility index (Phi) is 6.70. The van der Waals surface area contributed by atoms with Gasteiger partial charge in [-0.3, -0.25) is 5.41 Å². The molecule has 88 valence electrons. The van der Waals surface area contributed by atoms with Crippen LogP contribution in [0.4, 0.5) is 0 Å². The van der Waals surface area contributed by atoms with E-state index in [9.17, 15) is 0 Å². The summed E-state index contributed by atoms with van der Waals surface area (Å²) in [6, 6.07) is 5.85. The van der Waals surface area contributed by atoms with E-state index >= 15 is 0 Å². The van der Waals surface area contributed by atoms with E-state index in [1.165, 1.54) is 11.8 Å². The first-order valence-corrected chi connectivity index (χ1v) is 5.14. The van der Waals surface area contributed by atoms with Crippen LogP contribution in [0, 0.1) is 5.41 Å². The van der Waals surface area contributed by atoms with Crippen molar-refractivity contribution in [1.29, 1.82) is 5.41 Å². The molecule has 0 aromatic carbocycles. The van der Waals surface area contributed by atoms with Gasteiger partial charge < -0.3 is 44.1 Å². The Bertz CT molecular complexity index is 438. The van der Waals surface area contributed by atoms with E-state index in [1.807, 2.05) is 35.0 Å². The molecule has 16 heavy (non-hydrogen) atoms. The number of hydrogen-bond donors (Lipinski definition) is 2. The summed E-state index contributed by atoms with van der Waals surface area (Å²) in [5, 5.41) is 7.21. The second-order valence-corrected chi connectivity index (χ2v) is 3.87. The standard InChI is InChI=1S/C9H10N4S.2BrH/c10-9(11)14-6-7-5-13-4-2-1-3-8(13)12-7;;/h1-5H,6H2,(H3,10,11);2*1H/p-2. The molecule has 2 rings (SSSR count). The van der Waals surface area contributed by atoms with Crippen LogP contribution < -0.4 is 39.7 Å². The van der Waals surface area contributed by atoms with E-state index in [1.54, 1.807) is 0 Å². The zero-order valence-electron chi connectivity index (χ0n) is 8.23. The molecule has 2 aromatic rings. The average molecular weight is 366 g/mol. The van der Waals surface area contributed by atoms with Gasteiger partial charge >= 0.3 is 0 Å². The van der Waals surface area contributed by atoms with E-state index in [-0.39, 0.29) is 39.1 Å². The number of fused-ring (bicyclic) bond motifs is 1. The van der Waals surface area contributed by atoms with Gasteiger partial charge in [0.1, 0.15) is 5.65 Å². The SMILES string of the molecule is N=C(N)SCc1cn2ccccc2n1.[Br-].[Br-].